The van der Waals surface area contributed by atoms with Crippen molar-refractivity contribution in [3.63, 3.8) is 0 Å². The summed E-state index contributed by atoms with van der Waals surface area (Å²) in [5.41, 5.74) is 9.73. The third kappa shape index (κ3) is 1.74. The Labute approximate surface area is 97.1 Å². The van der Waals surface area contributed by atoms with Gasteiger partial charge in [-0.3, -0.25) is 0 Å². The molecular weight excluding hydrogens is 196 g/mol. The third-order valence-electron chi connectivity index (χ3n) is 3.06. The molecule has 0 atom stereocenters. The van der Waals surface area contributed by atoms with E-state index in [0.717, 1.165) is 6.42 Å². The highest BCUT2D eigenvalue weighted by Crippen LogP contribution is 2.26. The fourth-order valence-electron chi connectivity index (χ4n) is 2.45. The molecule has 0 amide bonds. The van der Waals surface area contributed by atoms with Gasteiger partial charge in [0.25, 0.3) is 0 Å². The van der Waals surface area contributed by atoms with Crippen LogP contribution in [0.3, 0.4) is 0 Å². The van der Waals surface area contributed by atoms with Crippen molar-refractivity contribution in [3.8, 4) is 0 Å². The molecule has 1 aromatic heterocycles. The predicted octanol–water partition coefficient (Wildman–Crippen LogP) is 3.03. The van der Waals surface area contributed by atoms with Crippen LogP contribution >= 0.6 is 0 Å². The lowest BCUT2D eigenvalue weighted by atomic mass is 10.1. The topological polar surface area (TPSA) is 30.9 Å². The summed E-state index contributed by atoms with van der Waals surface area (Å²) >= 11 is 0. The molecule has 86 valence electrons. The van der Waals surface area contributed by atoms with E-state index in [2.05, 4.69) is 49.6 Å². The number of fused-ring (bicyclic) bond motifs is 1. The third-order valence-corrected chi connectivity index (χ3v) is 3.06. The molecule has 0 aliphatic carbocycles. The summed E-state index contributed by atoms with van der Waals surface area (Å²) in [6.07, 6.45) is 0.951. The zero-order valence-electron chi connectivity index (χ0n) is 10.3. The maximum atomic E-state index is 5.68. The molecule has 0 aliphatic heterocycles. The van der Waals surface area contributed by atoms with Crippen LogP contribution in [0, 0.1) is 6.92 Å². The summed E-state index contributed by atoms with van der Waals surface area (Å²) in [6, 6.07) is 9.23. The molecule has 2 aromatic rings. The summed E-state index contributed by atoms with van der Waals surface area (Å²) in [5, 5.41) is 1.33. The average molecular weight is 216 g/mol. The van der Waals surface area contributed by atoms with Crippen LogP contribution in [-0.2, 0) is 6.42 Å². The molecule has 0 unspecified atom stereocenters. The number of aryl methyl sites for hydroxylation is 1. The monoisotopic (exact) mass is 216 g/mol. The van der Waals surface area contributed by atoms with Crippen LogP contribution in [0.25, 0.3) is 10.9 Å². The van der Waals surface area contributed by atoms with Crippen LogP contribution in [0.4, 0.5) is 0 Å². The van der Waals surface area contributed by atoms with Gasteiger partial charge in [-0.05, 0) is 45.4 Å². The number of para-hydroxylation sites is 1. The molecule has 0 radical (unpaired) electrons. The van der Waals surface area contributed by atoms with Crippen LogP contribution in [0.2, 0.25) is 0 Å². The molecule has 0 aliphatic rings. The minimum Gasteiger partial charge on any atom is -0.342 e. The number of benzene rings is 1. The molecule has 0 saturated carbocycles. The Bertz CT molecular complexity index is 495. The van der Waals surface area contributed by atoms with E-state index in [0.29, 0.717) is 12.6 Å². The van der Waals surface area contributed by atoms with Crippen LogP contribution in [0.15, 0.2) is 24.3 Å². The van der Waals surface area contributed by atoms with Crippen molar-refractivity contribution in [3.05, 3.63) is 35.5 Å². The second-order valence-electron chi connectivity index (χ2n) is 4.65. The first kappa shape index (κ1) is 11.2. The molecule has 1 aromatic carbocycles. The number of nitrogens with two attached hydrogens (primary N) is 1. The molecule has 2 rings (SSSR count). The average Bonchev–Trinajstić information content (AvgIpc) is 2.58. The molecule has 0 saturated heterocycles. The SMILES string of the molecule is Cc1cccc2cc(CCN)n(C(C)C)c12. The van der Waals surface area contributed by atoms with E-state index in [9.17, 15) is 0 Å². The van der Waals surface area contributed by atoms with Gasteiger partial charge in [0.05, 0.1) is 5.52 Å². The molecule has 1 heterocycles. The molecule has 2 heteroatoms. The van der Waals surface area contributed by atoms with E-state index >= 15 is 0 Å². The van der Waals surface area contributed by atoms with Crippen molar-refractivity contribution >= 4 is 10.9 Å². The second-order valence-corrected chi connectivity index (χ2v) is 4.65. The first-order valence-electron chi connectivity index (χ1n) is 5.94. The summed E-state index contributed by atoms with van der Waals surface area (Å²) in [7, 11) is 0. The lowest BCUT2D eigenvalue weighted by Crippen LogP contribution is -2.10. The fraction of sp³-hybridized carbons (Fsp3) is 0.429. The van der Waals surface area contributed by atoms with Gasteiger partial charge in [0, 0.05) is 17.1 Å². The van der Waals surface area contributed by atoms with Crippen molar-refractivity contribution in [2.45, 2.75) is 33.2 Å². The maximum Gasteiger partial charge on any atom is 0.0514 e. The van der Waals surface area contributed by atoms with Gasteiger partial charge in [0.2, 0.25) is 0 Å². The summed E-state index contributed by atoms with van der Waals surface area (Å²) in [5.74, 6) is 0. The molecule has 2 nitrogen and oxygen atoms in total. The van der Waals surface area contributed by atoms with E-state index in [-0.39, 0.29) is 0 Å². The van der Waals surface area contributed by atoms with Gasteiger partial charge < -0.3 is 10.3 Å². The van der Waals surface area contributed by atoms with E-state index in [1.54, 1.807) is 0 Å². The lowest BCUT2D eigenvalue weighted by molar-refractivity contribution is 0.593. The predicted molar refractivity (Wildman–Crippen MR) is 69.8 cm³/mol. The van der Waals surface area contributed by atoms with Crippen molar-refractivity contribution in [1.82, 2.24) is 4.57 Å². The summed E-state index contributed by atoms with van der Waals surface area (Å²) in [4.78, 5) is 0. The van der Waals surface area contributed by atoms with Crippen LogP contribution in [-0.4, -0.2) is 11.1 Å². The second kappa shape index (κ2) is 4.30. The minimum atomic E-state index is 0.486. The Hall–Kier alpha value is -1.28. The molecule has 16 heavy (non-hydrogen) atoms. The summed E-state index contributed by atoms with van der Waals surface area (Å²) in [6.45, 7) is 7.34. The highest BCUT2D eigenvalue weighted by atomic mass is 15.0. The molecule has 0 spiro atoms. The Morgan fingerprint density at radius 2 is 2.06 bits per heavy atom. The first-order valence-corrected chi connectivity index (χ1v) is 5.94. The molecule has 0 fully saturated rings. The quantitative estimate of drug-likeness (QED) is 0.840. The number of nitrogens with zero attached hydrogens (tertiary/aromatic N) is 1. The van der Waals surface area contributed by atoms with Crippen LogP contribution < -0.4 is 5.73 Å². The Morgan fingerprint density at radius 1 is 1.31 bits per heavy atom. The smallest absolute Gasteiger partial charge is 0.0514 e. The van der Waals surface area contributed by atoms with E-state index in [1.165, 1.54) is 22.2 Å². The highest BCUT2D eigenvalue weighted by Gasteiger charge is 2.11. The van der Waals surface area contributed by atoms with Crippen LogP contribution in [0.1, 0.15) is 31.1 Å². The number of hydrogen-bond acceptors (Lipinski definition) is 1. The fourth-order valence-corrected chi connectivity index (χ4v) is 2.45. The Kier molecular flexibility index (Phi) is 3.01. The minimum absolute atomic E-state index is 0.486. The molecule has 0 bridgehead atoms. The molecule has 2 N–H and O–H groups in total. The van der Waals surface area contributed by atoms with Crippen molar-refractivity contribution in [2.75, 3.05) is 6.54 Å². The van der Waals surface area contributed by atoms with E-state index in [1.807, 2.05) is 0 Å². The van der Waals surface area contributed by atoms with Gasteiger partial charge in [0.1, 0.15) is 0 Å². The van der Waals surface area contributed by atoms with Crippen LogP contribution in [0.5, 0.6) is 0 Å². The van der Waals surface area contributed by atoms with Gasteiger partial charge in [-0.15, -0.1) is 0 Å². The number of hydrogen-bond donors (Lipinski definition) is 1. The molecular formula is C14H20N2. The van der Waals surface area contributed by atoms with Gasteiger partial charge in [-0.1, -0.05) is 18.2 Å². The normalized spacial score (nSPS) is 11.6. The van der Waals surface area contributed by atoms with Gasteiger partial charge in [0.15, 0.2) is 0 Å². The Balaban J connectivity index is 2.72. The highest BCUT2D eigenvalue weighted by molar-refractivity contribution is 5.84. The largest absolute Gasteiger partial charge is 0.342 e. The van der Waals surface area contributed by atoms with Crippen molar-refractivity contribution in [2.24, 2.45) is 5.73 Å². The summed E-state index contributed by atoms with van der Waals surface area (Å²) < 4.78 is 2.41. The first-order chi connectivity index (χ1) is 7.65. The Morgan fingerprint density at radius 3 is 2.69 bits per heavy atom. The standard InChI is InChI=1S/C14H20N2/c1-10(2)16-13(7-8-15)9-12-6-4-5-11(3)14(12)16/h4-6,9-10H,7-8,15H2,1-3H3. The van der Waals surface area contributed by atoms with Gasteiger partial charge in [-0.25, -0.2) is 0 Å². The zero-order valence-corrected chi connectivity index (χ0v) is 10.3. The van der Waals surface area contributed by atoms with Crippen molar-refractivity contribution in [1.29, 1.82) is 0 Å². The van der Waals surface area contributed by atoms with E-state index < -0.39 is 0 Å². The van der Waals surface area contributed by atoms with Gasteiger partial charge in [-0.2, -0.15) is 0 Å². The zero-order chi connectivity index (χ0) is 11.7. The van der Waals surface area contributed by atoms with Gasteiger partial charge >= 0.3 is 0 Å². The number of rotatable bonds is 3. The van der Waals surface area contributed by atoms with Crippen molar-refractivity contribution < 1.29 is 0 Å². The van der Waals surface area contributed by atoms with E-state index in [4.69, 9.17) is 5.73 Å². The lowest BCUT2D eigenvalue weighted by Gasteiger charge is -2.15. The maximum absolute atomic E-state index is 5.68. The number of aromatic nitrogens is 1.